The van der Waals surface area contributed by atoms with Gasteiger partial charge in [-0.2, -0.15) is 0 Å². The highest BCUT2D eigenvalue weighted by atomic mass is 79.9. The second-order valence-electron chi connectivity index (χ2n) is 5.58. The van der Waals surface area contributed by atoms with E-state index in [0.717, 1.165) is 17.3 Å². The van der Waals surface area contributed by atoms with E-state index in [1.807, 2.05) is 0 Å². The van der Waals surface area contributed by atoms with E-state index in [9.17, 15) is 8.42 Å². The predicted molar refractivity (Wildman–Crippen MR) is 78.1 cm³/mol. The van der Waals surface area contributed by atoms with E-state index in [0.29, 0.717) is 11.8 Å². The molecular weight excluding hydrogens is 328 g/mol. The predicted octanol–water partition coefficient (Wildman–Crippen LogP) is 2.50. The number of benzene rings is 1. The summed E-state index contributed by atoms with van der Waals surface area (Å²) in [5, 5.41) is 0. The van der Waals surface area contributed by atoms with Crippen molar-refractivity contribution in [1.29, 1.82) is 0 Å². The topological polar surface area (TPSA) is 72.2 Å². The van der Waals surface area contributed by atoms with E-state index in [-0.39, 0.29) is 16.6 Å². The van der Waals surface area contributed by atoms with Crippen molar-refractivity contribution in [3.63, 3.8) is 0 Å². The minimum absolute atomic E-state index is 0.0896. The summed E-state index contributed by atoms with van der Waals surface area (Å²) in [4.78, 5) is 0.179. The standard InChI is InChI=1S/C13H17BrN2O2S/c14-10-3-4-13(11(15)7-10)19(17,18)16-12-6-8-1-2-9(12)5-8/h3-4,7-9,12,16H,1-2,5-6,15H2. The molecule has 0 aliphatic heterocycles. The van der Waals surface area contributed by atoms with Crippen LogP contribution in [-0.4, -0.2) is 14.5 Å². The van der Waals surface area contributed by atoms with Gasteiger partial charge in [-0.05, 0) is 49.3 Å². The summed E-state index contributed by atoms with van der Waals surface area (Å²) in [6.07, 6.45) is 4.54. The zero-order valence-corrected chi connectivity index (χ0v) is 12.9. The first-order chi connectivity index (χ1) is 8.95. The van der Waals surface area contributed by atoms with Crippen LogP contribution in [0, 0.1) is 11.8 Å². The van der Waals surface area contributed by atoms with Crippen LogP contribution in [0.4, 0.5) is 5.69 Å². The fraction of sp³-hybridized carbons (Fsp3) is 0.538. The molecule has 4 nitrogen and oxygen atoms in total. The van der Waals surface area contributed by atoms with Gasteiger partial charge in [-0.25, -0.2) is 13.1 Å². The van der Waals surface area contributed by atoms with E-state index >= 15 is 0 Å². The molecule has 3 rings (SSSR count). The number of fused-ring (bicyclic) bond motifs is 2. The average Bonchev–Trinajstić information content (AvgIpc) is 2.89. The van der Waals surface area contributed by atoms with Gasteiger partial charge in [0.25, 0.3) is 0 Å². The lowest BCUT2D eigenvalue weighted by Gasteiger charge is -2.23. The van der Waals surface area contributed by atoms with Crippen molar-refractivity contribution in [3.05, 3.63) is 22.7 Å². The smallest absolute Gasteiger partial charge is 0.242 e. The number of anilines is 1. The molecule has 2 aliphatic rings. The monoisotopic (exact) mass is 344 g/mol. The number of nitrogens with one attached hydrogen (secondary N) is 1. The lowest BCUT2D eigenvalue weighted by molar-refractivity contribution is 0.390. The zero-order chi connectivity index (χ0) is 13.6. The summed E-state index contributed by atoms with van der Waals surface area (Å²) < 4.78 is 28.4. The molecule has 3 N–H and O–H groups in total. The third kappa shape index (κ3) is 2.53. The second-order valence-corrected chi connectivity index (χ2v) is 8.18. The Morgan fingerprint density at radius 1 is 1.26 bits per heavy atom. The first-order valence-electron chi connectivity index (χ1n) is 6.53. The molecule has 19 heavy (non-hydrogen) atoms. The fourth-order valence-corrected chi connectivity index (χ4v) is 5.23. The normalized spacial score (nSPS) is 29.8. The average molecular weight is 345 g/mol. The van der Waals surface area contributed by atoms with Crippen LogP contribution in [0.3, 0.4) is 0 Å². The Labute approximate surface area is 121 Å². The molecule has 3 atom stereocenters. The number of hydrogen-bond donors (Lipinski definition) is 2. The minimum atomic E-state index is -3.51. The Morgan fingerprint density at radius 3 is 2.63 bits per heavy atom. The third-order valence-electron chi connectivity index (χ3n) is 4.31. The van der Waals surface area contributed by atoms with Gasteiger partial charge in [0, 0.05) is 10.5 Å². The molecule has 0 spiro atoms. The van der Waals surface area contributed by atoms with E-state index in [1.54, 1.807) is 18.2 Å². The number of nitrogens with two attached hydrogens (primary N) is 1. The van der Waals surface area contributed by atoms with Gasteiger partial charge in [0.15, 0.2) is 0 Å². The van der Waals surface area contributed by atoms with Gasteiger partial charge in [0.1, 0.15) is 4.90 Å². The molecule has 1 aromatic rings. The number of halogens is 1. The molecule has 2 aliphatic carbocycles. The first-order valence-corrected chi connectivity index (χ1v) is 8.80. The Morgan fingerprint density at radius 2 is 2.05 bits per heavy atom. The second kappa shape index (κ2) is 4.75. The van der Waals surface area contributed by atoms with Crippen LogP contribution in [0.2, 0.25) is 0 Å². The van der Waals surface area contributed by atoms with Crippen molar-refractivity contribution in [1.82, 2.24) is 4.72 Å². The molecule has 0 heterocycles. The Kier molecular flexibility index (Phi) is 3.35. The number of rotatable bonds is 3. The summed E-state index contributed by atoms with van der Waals surface area (Å²) >= 11 is 3.28. The molecule has 104 valence electrons. The molecule has 0 amide bonds. The summed E-state index contributed by atoms with van der Waals surface area (Å²) in [5.74, 6) is 1.22. The highest BCUT2D eigenvalue weighted by molar-refractivity contribution is 9.10. The zero-order valence-electron chi connectivity index (χ0n) is 10.5. The van der Waals surface area contributed by atoms with Gasteiger partial charge >= 0.3 is 0 Å². The number of hydrogen-bond acceptors (Lipinski definition) is 3. The van der Waals surface area contributed by atoms with Gasteiger partial charge in [-0.1, -0.05) is 22.4 Å². The molecular formula is C13H17BrN2O2S. The Balaban J connectivity index is 1.83. The van der Waals surface area contributed by atoms with Crippen molar-refractivity contribution in [2.24, 2.45) is 11.8 Å². The van der Waals surface area contributed by atoms with E-state index < -0.39 is 10.0 Å². The van der Waals surface area contributed by atoms with Crippen LogP contribution in [-0.2, 0) is 10.0 Å². The Bertz CT molecular complexity index is 603. The molecule has 2 bridgehead atoms. The SMILES string of the molecule is Nc1cc(Br)ccc1S(=O)(=O)NC1CC2CCC1C2. The molecule has 1 aromatic carbocycles. The third-order valence-corrected chi connectivity index (χ3v) is 6.36. The molecule has 0 saturated heterocycles. The van der Waals surface area contributed by atoms with E-state index in [2.05, 4.69) is 20.7 Å². The first kappa shape index (κ1) is 13.4. The Hall–Kier alpha value is -0.590. The van der Waals surface area contributed by atoms with E-state index in [4.69, 9.17) is 5.73 Å². The maximum atomic E-state index is 12.4. The molecule has 6 heteroatoms. The summed E-state index contributed by atoms with van der Waals surface area (Å²) in [5.41, 5.74) is 6.09. The molecule has 3 unspecified atom stereocenters. The van der Waals surface area contributed by atoms with Crippen LogP contribution in [0.15, 0.2) is 27.6 Å². The van der Waals surface area contributed by atoms with Crippen molar-refractivity contribution >= 4 is 31.6 Å². The van der Waals surface area contributed by atoms with Crippen molar-refractivity contribution in [2.75, 3.05) is 5.73 Å². The molecule has 2 fully saturated rings. The van der Waals surface area contributed by atoms with Crippen molar-refractivity contribution in [3.8, 4) is 0 Å². The fourth-order valence-electron chi connectivity index (χ4n) is 3.42. The molecule has 2 saturated carbocycles. The highest BCUT2D eigenvalue weighted by Crippen LogP contribution is 2.45. The largest absolute Gasteiger partial charge is 0.398 e. The van der Waals surface area contributed by atoms with Gasteiger partial charge in [-0.3, -0.25) is 0 Å². The van der Waals surface area contributed by atoms with Gasteiger partial charge in [0.05, 0.1) is 5.69 Å². The van der Waals surface area contributed by atoms with Gasteiger partial charge < -0.3 is 5.73 Å². The summed E-state index contributed by atoms with van der Waals surface area (Å²) in [7, 11) is -3.51. The number of sulfonamides is 1. The lowest BCUT2D eigenvalue weighted by Crippen LogP contribution is -2.38. The molecule has 0 radical (unpaired) electrons. The van der Waals surface area contributed by atoms with Crippen LogP contribution in [0.5, 0.6) is 0 Å². The maximum Gasteiger partial charge on any atom is 0.242 e. The van der Waals surface area contributed by atoms with Crippen LogP contribution < -0.4 is 10.5 Å². The number of nitrogen functional groups attached to an aromatic ring is 1. The quantitative estimate of drug-likeness (QED) is 0.827. The molecule has 0 aromatic heterocycles. The van der Waals surface area contributed by atoms with Gasteiger partial charge in [-0.15, -0.1) is 0 Å². The van der Waals surface area contributed by atoms with Gasteiger partial charge in [0.2, 0.25) is 10.0 Å². The van der Waals surface area contributed by atoms with Crippen LogP contribution in [0.25, 0.3) is 0 Å². The van der Waals surface area contributed by atoms with E-state index in [1.165, 1.54) is 12.8 Å². The van der Waals surface area contributed by atoms with Crippen LogP contribution in [0.1, 0.15) is 25.7 Å². The maximum absolute atomic E-state index is 12.4. The highest BCUT2D eigenvalue weighted by Gasteiger charge is 2.41. The lowest BCUT2D eigenvalue weighted by atomic mass is 9.96. The summed E-state index contributed by atoms with van der Waals surface area (Å²) in [6, 6.07) is 4.96. The van der Waals surface area contributed by atoms with Crippen molar-refractivity contribution < 1.29 is 8.42 Å². The van der Waals surface area contributed by atoms with Crippen LogP contribution >= 0.6 is 15.9 Å². The minimum Gasteiger partial charge on any atom is -0.398 e. The summed E-state index contributed by atoms with van der Waals surface area (Å²) in [6.45, 7) is 0. The van der Waals surface area contributed by atoms with Crippen molar-refractivity contribution in [2.45, 2.75) is 36.6 Å².